The number of nitrogens with zero attached hydrogens (tertiary/aromatic N) is 3. The van der Waals surface area contributed by atoms with Gasteiger partial charge in [0.25, 0.3) is 0 Å². The molecular formula is C10H17N3O2S. The zero-order chi connectivity index (χ0) is 12.3. The first-order valence-electron chi connectivity index (χ1n) is 5.19. The summed E-state index contributed by atoms with van der Waals surface area (Å²) >= 11 is 1.22. The second-order valence-electron chi connectivity index (χ2n) is 4.15. The van der Waals surface area contributed by atoms with Gasteiger partial charge >= 0.3 is 5.97 Å². The second kappa shape index (κ2) is 5.34. The SMILES string of the molecule is CC(C)Cc1nnc(SC(C)C(=O)O)n1C. The van der Waals surface area contributed by atoms with Gasteiger partial charge in [-0.05, 0) is 12.8 Å². The number of aromatic nitrogens is 3. The van der Waals surface area contributed by atoms with Crippen molar-refractivity contribution >= 4 is 17.7 Å². The molecule has 0 bridgehead atoms. The monoisotopic (exact) mass is 243 g/mol. The van der Waals surface area contributed by atoms with Gasteiger partial charge in [-0.25, -0.2) is 0 Å². The Kier molecular flexibility index (Phi) is 4.35. The van der Waals surface area contributed by atoms with E-state index in [4.69, 9.17) is 5.11 Å². The van der Waals surface area contributed by atoms with Gasteiger partial charge in [-0.2, -0.15) is 0 Å². The minimum absolute atomic E-state index is 0.505. The molecule has 90 valence electrons. The van der Waals surface area contributed by atoms with Crippen molar-refractivity contribution in [2.75, 3.05) is 0 Å². The maximum atomic E-state index is 10.7. The third-order valence-corrected chi connectivity index (χ3v) is 3.27. The summed E-state index contributed by atoms with van der Waals surface area (Å²) in [6, 6.07) is 0. The summed E-state index contributed by atoms with van der Waals surface area (Å²) < 4.78 is 1.87. The molecule has 1 aromatic rings. The molecule has 0 fully saturated rings. The number of thioether (sulfide) groups is 1. The first-order valence-corrected chi connectivity index (χ1v) is 6.07. The molecule has 0 aliphatic heterocycles. The van der Waals surface area contributed by atoms with Crippen molar-refractivity contribution in [2.24, 2.45) is 13.0 Å². The average Bonchev–Trinajstić information content (AvgIpc) is 2.49. The standard InChI is InChI=1S/C10H17N3O2S/c1-6(2)5-8-11-12-10(13(8)4)16-7(3)9(14)15/h6-7H,5H2,1-4H3,(H,14,15). The van der Waals surface area contributed by atoms with Crippen LogP contribution in [0.4, 0.5) is 0 Å². The molecule has 1 atom stereocenters. The highest BCUT2D eigenvalue weighted by Gasteiger charge is 2.17. The molecular weight excluding hydrogens is 226 g/mol. The van der Waals surface area contributed by atoms with E-state index in [-0.39, 0.29) is 0 Å². The Morgan fingerprint density at radius 3 is 2.56 bits per heavy atom. The number of carbonyl (C=O) groups is 1. The van der Waals surface area contributed by atoms with Crippen molar-refractivity contribution in [3.63, 3.8) is 0 Å². The Balaban J connectivity index is 2.75. The summed E-state index contributed by atoms with van der Waals surface area (Å²) in [5.41, 5.74) is 0. The van der Waals surface area contributed by atoms with E-state index in [9.17, 15) is 4.79 Å². The van der Waals surface area contributed by atoms with Crippen LogP contribution in [0.25, 0.3) is 0 Å². The van der Waals surface area contributed by atoms with E-state index in [1.54, 1.807) is 6.92 Å². The quantitative estimate of drug-likeness (QED) is 0.795. The third-order valence-electron chi connectivity index (χ3n) is 2.15. The van der Waals surface area contributed by atoms with Crippen LogP contribution in [0.5, 0.6) is 0 Å². The number of aliphatic carboxylic acids is 1. The minimum atomic E-state index is -0.835. The van der Waals surface area contributed by atoms with E-state index in [0.29, 0.717) is 11.1 Å². The fourth-order valence-corrected chi connectivity index (χ4v) is 1.97. The summed E-state index contributed by atoms with van der Waals surface area (Å²) in [4.78, 5) is 10.7. The largest absolute Gasteiger partial charge is 0.480 e. The first-order chi connectivity index (χ1) is 7.41. The summed E-state index contributed by atoms with van der Waals surface area (Å²) in [6.07, 6.45) is 0.853. The number of carboxylic acids is 1. The van der Waals surface area contributed by atoms with Gasteiger partial charge in [0, 0.05) is 13.5 Å². The highest BCUT2D eigenvalue weighted by Crippen LogP contribution is 2.22. The molecule has 1 N–H and O–H groups in total. The minimum Gasteiger partial charge on any atom is -0.480 e. The molecule has 0 aromatic carbocycles. The van der Waals surface area contributed by atoms with E-state index in [2.05, 4.69) is 24.0 Å². The predicted molar refractivity (Wildman–Crippen MR) is 62.5 cm³/mol. The molecule has 0 aliphatic carbocycles. The molecule has 6 heteroatoms. The molecule has 0 saturated carbocycles. The van der Waals surface area contributed by atoms with E-state index >= 15 is 0 Å². The highest BCUT2D eigenvalue weighted by atomic mass is 32.2. The number of hydrogen-bond acceptors (Lipinski definition) is 4. The Labute approximate surface area is 99.3 Å². The molecule has 0 saturated heterocycles. The van der Waals surface area contributed by atoms with Crippen LogP contribution >= 0.6 is 11.8 Å². The van der Waals surface area contributed by atoms with Gasteiger partial charge in [-0.3, -0.25) is 4.79 Å². The first kappa shape index (κ1) is 13.0. The Hall–Kier alpha value is -1.04. The summed E-state index contributed by atoms with van der Waals surface area (Å²) in [6.45, 7) is 5.87. The fraction of sp³-hybridized carbons (Fsp3) is 0.700. The van der Waals surface area contributed by atoms with E-state index in [1.807, 2.05) is 11.6 Å². The molecule has 1 rings (SSSR count). The lowest BCUT2D eigenvalue weighted by Gasteiger charge is -2.07. The molecule has 1 unspecified atom stereocenters. The van der Waals surface area contributed by atoms with Gasteiger partial charge < -0.3 is 9.67 Å². The third kappa shape index (κ3) is 3.23. The molecule has 5 nitrogen and oxygen atoms in total. The van der Waals surface area contributed by atoms with Crippen molar-refractivity contribution in [3.05, 3.63) is 5.82 Å². The zero-order valence-electron chi connectivity index (χ0n) is 9.97. The van der Waals surface area contributed by atoms with Crippen molar-refractivity contribution in [1.29, 1.82) is 0 Å². The smallest absolute Gasteiger partial charge is 0.316 e. The average molecular weight is 243 g/mol. The lowest BCUT2D eigenvalue weighted by Crippen LogP contribution is -2.12. The molecule has 16 heavy (non-hydrogen) atoms. The normalized spacial score (nSPS) is 13.1. The summed E-state index contributed by atoms with van der Waals surface area (Å²) in [5, 5.41) is 17.0. The van der Waals surface area contributed by atoms with Crippen LogP contribution in [0.15, 0.2) is 5.16 Å². The molecule has 0 aliphatic rings. The highest BCUT2D eigenvalue weighted by molar-refractivity contribution is 8.00. The summed E-state index contributed by atoms with van der Waals surface area (Å²) in [7, 11) is 1.87. The number of hydrogen-bond donors (Lipinski definition) is 1. The van der Waals surface area contributed by atoms with Gasteiger partial charge in [0.1, 0.15) is 11.1 Å². The van der Waals surface area contributed by atoms with Gasteiger partial charge in [-0.15, -0.1) is 10.2 Å². The molecule has 1 heterocycles. The summed E-state index contributed by atoms with van der Waals surface area (Å²) in [5.74, 6) is 0.575. The van der Waals surface area contributed by atoms with Crippen LogP contribution in [0.3, 0.4) is 0 Å². The number of carboxylic acid groups (broad SMARTS) is 1. The van der Waals surface area contributed by atoms with E-state index < -0.39 is 11.2 Å². The van der Waals surface area contributed by atoms with Crippen molar-refractivity contribution in [1.82, 2.24) is 14.8 Å². The maximum Gasteiger partial charge on any atom is 0.316 e. The van der Waals surface area contributed by atoms with Crippen LogP contribution in [0.2, 0.25) is 0 Å². The van der Waals surface area contributed by atoms with Crippen LogP contribution in [0, 0.1) is 5.92 Å². The Bertz CT molecular complexity index is 376. The van der Waals surface area contributed by atoms with Crippen molar-refractivity contribution in [3.8, 4) is 0 Å². The van der Waals surface area contributed by atoms with Gasteiger partial charge in [-0.1, -0.05) is 25.6 Å². The van der Waals surface area contributed by atoms with Gasteiger partial charge in [0.15, 0.2) is 5.16 Å². The van der Waals surface area contributed by atoms with Crippen LogP contribution in [-0.4, -0.2) is 31.1 Å². The lowest BCUT2D eigenvalue weighted by atomic mass is 10.1. The molecule has 0 spiro atoms. The molecule has 0 amide bonds. The fourth-order valence-electron chi connectivity index (χ4n) is 1.20. The predicted octanol–water partition coefficient (Wildman–Crippen LogP) is 1.58. The van der Waals surface area contributed by atoms with Crippen LogP contribution < -0.4 is 0 Å². The van der Waals surface area contributed by atoms with Crippen molar-refractivity contribution < 1.29 is 9.90 Å². The lowest BCUT2D eigenvalue weighted by molar-refractivity contribution is -0.136. The maximum absolute atomic E-state index is 10.7. The van der Waals surface area contributed by atoms with E-state index in [0.717, 1.165) is 12.2 Å². The number of rotatable bonds is 5. The van der Waals surface area contributed by atoms with Crippen molar-refractivity contribution in [2.45, 2.75) is 37.6 Å². The molecule has 1 aromatic heterocycles. The van der Waals surface area contributed by atoms with Crippen LogP contribution in [-0.2, 0) is 18.3 Å². The van der Waals surface area contributed by atoms with Gasteiger partial charge in [0.05, 0.1) is 0 Å². The van der Waals surface area contributed by atoms with E-state index in [1.165, 1.54) is 11.8 Å². The van der Waals surface area contributed by atoms with Gasteiger partial charge in [0.2, 0.25) is 0 Å². The second-order valence-corrected chi connectivity index (χ2v) is 5.46. The van der Waals surface area contributed by atoms with Crippen LogP contribution in [0.1, 0.15) is 26.6 Å². The Morgan fingerprint density at radius 1 is 1.44 bits per heavy atom. The topological polar surface area (TPSA) is 68.0 Å². The molecule has 0 radical (unpaired) electrons. The zero-order valence-corrected chi connectivity index (χ0v) is 10.8. The Morgan fingerprint density at radius 2 is 2.06 bits per heavy atom.